The van der Waals surface area contributed by atoms with E-state index in [4.69, 9.17) is 13.6 Å². The van der Waals surface area contributed by atoms with Crippen molar-refractivity contribution in [1.82, 2.24) is 15.5 Å². The molecule has 0 saturated carbocycles. The summed E-state index contributed by atoms with van der Waals surface area (Å²) in [5, 5.41) is 11.1. The third-order valence-corrected chi connectivity index (χ3v) is 4.18. The maximum atomic E-state index is 12.0. The number of aromatic nitrogens is 2. The molecular formula is C17H23N3O4. The van der Waals surface area contributed by atoms with Crippen molar-refractivity contribution in [2.24, 2.45) is 5.41 Å². The Morgan fingerprint density at radius 1 is 1.38 bits per heavy atom. The van der Waals surface area contributed by atoms with Crippen molar-refractivity contribution in [3.05, 3.63) is 35.9 Å². The monoisotopic (exact) mass is 333 g/mol. The molecule has 3 rings (SSSR count). The van der Waals surface area contributed by atoms with Crippen molar-refractivity contribution in [2.45, 2.75) is 52.2 Å². The van der Waals surface area contributed by atoms with Crippen LogP contribution in [-0.4, -0.2) is 28.8 Å². The molecule has 1 aliphatic rings. The van der Waals surface area contributed by atoms with E-state index in [1.165, 1.54) is 6.26 Å². The summed E-state index contributed by atoms with van der Waals surface area (Å²) < 4.78 is 16.8. The highest BCUT2D eigenvalue weighted by molar-refractivity contribution is 5.91. The number of furan rings is 1. The molecule has 1 fully saturated rings. The summed E-state index contributed by atoms with van der Waals surface area (Å²) >= 11 is 0. The Kier molecular flexibility index (Phi) is 4.45. The highest BCUT2D eigenvalue weighted by Crippen LogP contribution is 2.40. The van der Waals surface area contributed by atoms with Crippen LogP contribution >= 0.6 is 0 Å². The summed E-state index contributed by atoms with van der Waals surface area (Å²) in [5.74, 6) is 0.966. The van der Waals surface area contributed by atoms with Crippen LogP contribution in [0, 0.1) is 5.41 Å². The van der Waals surface area contributed by atoms with Gasteiger partial charge in [0.1, 0.15) is 6.04 Å². The molecule has 0 aliphatic carbocycles. The van der Waals surface area contributed by atoms with Crippen LogP contribution in [0.1, 0.15) is 68.4 Å². The summed E-state index contributed by atoms with van der Waals surface area (Å²) in [6.07, 6.45) is 2.35. The maximum absolute atomic E-state index is 12.0. The molecule has 2 aromatic rings. The van der Waals surface area contributed by atoms with Crippen LogP contribution in [0.3, 0.4) is 0 Å². The molecule has 1 amide bonds. The number of rotatable bonds is 4. The number of hydrogen-bond acceptors (Lipinski definition) is 6. The number of amides is 1. The molecule has 1 saturated heterocycles. The Balaban J connectivity index is 1.70. The zero-order valence-electron chi connectivity index (χ0n) is 14.4. The second-order valence-corrected chi connectivity index (χ2v) is 7.20. The van der Waals surface area contributed by atoms with Crippen LogP contribution in [-0.2, 0) is 4.74 Å². The van der Waals surface area contributed by atoms with Crippen molar-refractivity contribution in [3.63, 3.8) is 0 Å². The number of carbonyl (C=O) groups is 1. The highest BCUT2D eigenvalue weighted by atomic mass is 16.5. The topological polar surface area (TPSA) is 90.4 Å². The minimum atomic E-state index is -0.403. The van der Waals surface area contributed by atoms with Gasteiger partial charge in [-0.2, -0.15) is 0 Å². The highest BCUT2D eigenvalue weighted by Gasteiger charge is 2.41. The standard InChI is InChI=1S/C17H23N3O4/c1-10(18-14(21)12-6-5-8-22-12)15-19-20-16(24-15)11-7-9-23-13(11)17(2,3)4/h5-6,8,10-11,13H,7,9H2,1-4H3,(H,18,21)/t10-,11-,13-/m0/s1. The molecule has 24 heavy (non-hydrogen) atoms. The molecule has 130 valence electrons. The number of hydrogen-bond donors (Lipinski definition) is 1. The lowest BCUT2D eigenvalue weighted by molar-refractivity contribution is 0.0169. The molecule has 0 bridgehead atoms. The van der Waals surface area contributed by atoms with Crippen molar-refractivity contribution in [1.29, 1.82) is 0 Å². The van der Waals surface area contributed by atoms with Crippen LogP contribution in [0.4, 0.5) is 0 Å². The zero-order valence-corrected chi connectivity index (χ0v) is 14.4. The number of nitrogens with zero attached hydrogens (tertiary/aromatic N) is 2. The molecule has 1 aliphatic heterocycles. The molecule has 0 radical (unpaired) electrons. The normalized spacial score (nSPS) is 22.5. The summed E-state index contributed by atoms with van der Waals surface area (Å²) in [5.41, 5.74) is -0.00504. The van der Waals surface area contributed by atoms with Crippen LogP contribution in [0.25, 0.3) is 0 Å². The number of carbonyl (C=O) groups excluding carboxylic acids is 1. The lowest BCUT2D eigenvalue weighted by Gasteiger charge is -2.29. The van der Waals surface area contributed by atoms with Gasteiger partial charge in [-0.25, -0.2) is 0 Å². The fourth-order valence-corrected chi connectivity index (χ4v) is 3.00. The minimum Gasteiger partial charge on any atom is -0.459 e. The number of nitrogens with one attached hydrogen (secondary N) is 1. The second kappa shape index (κ2) is 6.39. The van der Waals surface area contributed by atoms with Crippen LogP contribution in [0.15, 0.2) is 27.2 Å². The molecule has 3 atom stereocenters. The quantitative estimate of drug-likeness (QED) is 0.924. The van der Waals surface area contributed by atoms with Gasteiger partial charge in [-0.15, -0.1) is 10.2 Å². The average Bonchev–Trinajstić information content (AvgIpc) is 3.25. The predicted octanol–water partition coefficient (Wildman–Crippen LogP) is 3.07. The van der Waals surface area contributed by atoms with E-state index < -0.39 is 6.04 Å². The fraction of sp³-hybridized carbons (Fsp3) is 0.588. The van der Waals surface area contributed by atoms with Gasteiger partial charge in [0.2, 0.25) is 11.8 Å². The van der Waals surface area contributed by atoms with Gasteiger partial charge in [-0.3, -0.25) is 4.79 Å². The summed E-state index contributed by atoms with van der Waals surface area (Å²) in [6, 6.07) is 2.86. The molecule has 1 N–H and O–H groups in total. The van der Waals surface area contributed by atoms with Crippen LogP contribution < -0.4 is 5.32 Å². The summed E-state index contributed by atoms with van der Waals surface area (Å²) in [7, 11) is 0. The Bertz CT molecular complexity index is 687. The van der Waals surface area contributed by atoms with E-state index in [0.29, 0.717) is 18.4 Å². The summed E-state index contributed by atoms with van der Waals surface area (Å²) in [6.45, 7) is 8.90. The Morgan fingerprint density at radius 2 is 2.17 bits per heavy atom. The van der Waals surface area contributed by atoms with Gasteiger partial charge in [0.05, 0.1) is 18.3 Å². The van der Waals surface area contributed by atoms with Crippen molar-refractivity contribution in [2.75, 3.05) is 6.61 Å². The first kappa shape index (κ1) is 16.7. The zero-order chi connectivity index (χ0) is 17.3. The van der Waals surface area contributed by atoms with Gasteiger partial charge in [0, 0.05) is 6.61 Å². The Labute approximate surface area is 140 Å². The van der Waals surface area contributed by atoms with Gasteiger partial charge in [0.25, 0.3) is 5.91 Å². The first-order chi connectivity index (χ1) is 11.4. The van der Waals surface area contributed by atoms with E-state index in [9.17, 15) is 4.79 Å². The van der Waals surface area contributed by atoms with Crippen molar-refractivity contribution in [3.8, 4) is 0 Å². The van der Waals surface area contributed by atoms with Gasteiger partial charge >= 0.3 is 0 Å². The van der Waals surface area contributed by atoms with Gasteiger partial charge in [-0.05, 0) is 30.9 Å². The molecule has 0 aromatic carbocycles. The van der Waals surface area contributed by atoms with E-state index in [1.54, 1.807) is 19.1 Å². The molecule has 0 spiro atoms. The molecule has 3 heterocycles. The fourth-order valence-electron chi connectivity index (χ4n) is 3.00. The third kappa shape index (κ3) is 3.36. The van der Waals surface area contributed by atoms with E-state index in [0.717, 1.165) is 6.42 Å². The van der Waals surface area contributed by atoms with Crippen molar-refractivity contribution < 1.29 is 18.4 Å². The average molecular weight is 333 g/mol. The van der Waals surface area contributed by atoms with E-state index in [-0.39, 0.29) is 29.1 Å². The minimum absolute atomic E-state index is 0.00504. The van der Waals surface area contributed by atoms with E-state index in [2.05, 4.69) is 36.3 Å². The lowest BCUT2D eigenvalue weighted by Crippen LogP contribution is -2.30. The summed E-state index contributed by atoms with van der Waals surface area (Å²) in [4.78, 5) is 12.0. The molecule has 7 heteroatoms. The van der Waals surface area contributed by atoms with Crippen LogP contribution in [0.5, 0.6) is 0 Å². The Morgan fingerprint density at radius 3 is 2.83 bits per heavy atom. The predicted molar refractivity (Wildman–Crippen MR) is 85.4 cm³/mol. The smallest absolute Gasteiger partial charge is 0.287 e. The largest absolute Gasteiger partial charge is 0.459 e. The first-order valence-corrected chi connectivity index (χ1v) is 8.15. The molecular weight excluding hydrogens is 310 g/mol. The maximum Gasteiger partial charge on any atom is 0.287 e. The molecule has 7 nitrogen and oxygen atoms in total. The van der Waals surface area contributed by atoms with Crippen molar-refractivity contribution >= 4 is 5.91 Å². The SMILES string of the molecule is C[C@H](NC(=O)c1ccco1)c1nnc([C@H]2CCO[C@@H]2C(C)(C)C)o1. The Hall–Kier alpha value is -2.15. The van der Waals surface area contributed by atoms with Gasteiger partial charge < -0.3 is 18.9 Å². The third-order valence-electron chi connectivity index (χ3n) is 4.18. The van der Waals surface area contributed by atoms with Gasteiger partial charge in [0.15, 0.2) is 5.76 Å². The van der Waals surface area contributed by atoms with E-state index in [1.807, 2.05) is 0 Å². The van der Waals surface area contributed by atoms with E-state index >= 15 is 0 Å². The molecule has 0 unspecified atom stereocenters. The number of ether oxygens (including phenoxy) is 1. The van der Waals surface area contributed by atoms with Gasteiger partial charge in [-0.1, -0.05) is 20.8 Å². The first-order valence-electron chi connectivity index (χ1n) is 8.15. The molecule has 2 aromatic heterocycles. The lowest BCUT2D eigenvalue weighted by atomic mass is 9.81. The second-order valence-electron chi connectivity index (χ2n) is 7.20. The van der Waals surface area contributed by atoms with Crippen LogP contribution in [0.2, 0.25) is 0 Å².